The Morgan fingerprint density at radius 2 is 1.83 bits per heavy atom. The highest BCUT2D eigenvalue weighted by atomic mass is 19.1. The fourth-order valence-corrected chi connectivity index (χ4v) is 5.98. The first-order valence-electron chi connectivity index (χ1n) is 13.4. The molecule has 2 heterocycles. The Labute approximate surface area is 208 Å². The minimum Gasteiger partial charge on any atom is -0.464 e. The van der Waals surface area contributed by atoms with Crippen LogP contribution >= 0.6 is 0 Å². The molecule has 0 saturated heterocycles. The first kappa shape index (κ1) is 24.0. The topological polar surface area (TPSA) is 33.5 Å². The van der Waals surface area contributed by atoms with Crippen LogP contribution in [0.25, 0.3) is 16.5 Å². The molecular formula is C31H36FNO2. The molecule has 1 saturated carbocycles. The monoisotopic (exact) mass is 473 g/mol. The van der Waals surface area contributed by atoms with E-state index in [9.17, 15) is 9.18 Å². The summed E-state index contributed by atoms with van der Waals surface area (Å²) in [7, 11) is 0. The number of benzene rings is 2. The summed E-state index contributed by atoms with van der Waals surface area (Å²) in [4.78, 5) is 16.1. The molecule has 0 radical (unpaired) electrons. The van der Waals surface area contributed by atoms with Crippen molar-refractivity contribution in [3.05, 3.63) is 77.8 Å². The molecule has 0 N–H and O–H groups in total. The summed E-state index contributed by atoms with van der Waals surface area (Å²) in [5, 5.41) is 0.810. The Balaban J connectivity index is 1.29. The molecule has 2 aromatic carbocycles. The lowest BCUT2D eigenvalue weighted by atomic mass is 9.82. The molecule has 0 bridgehead atoms. The zero-order valence-electron chi connectivity index (χ0n) is 20.6. The lowest BCUT2D eigenvalue weighted by molar-refractivity contribution is -0.125. The number of Topliss-reactive ketones (excluding diaryl/α,β-unsaturated/α-hetero) is 1. The van der Waals surface area contributed by atoms with Crippen molar-refractivity contribution in [2.45, 2.75) is 63.7 Å². The van der Waals surface area contributed by atoms with E-state index in [0.717, 1.165) is 79.4 Å². The van der Waals surface area contributed by atoms with Crippen molar-refractivity contribution in [1.82, 2.24) is 4.90 Å². The van der Waals surface area contributed by atoms with Crippen molar-refractivity contribution in [1.29, 1.82) is 0 Å². The number of allylic oxidation sites excluding steroid dienone is 1. The second-order valence-electron chi connectivity index (χ2n) is 10.3. The van der Waals surface area contributed by atoms with Gasteiger partial charge in [-0.2, -0.15) is 0 Å². The number of rotatable bonds is 7. The van der Waals surface area contributed by atoms with E-state index < -0.39 is 0 Å². The molecule has 1 aromatic heterocycles. The van der Waals surface area contributed by atoms with Crippen LogP contribution in [0.2, 0.25) is 0 Å². The summed E-state index contributed by atoms with van der Waals surface area (Å²) in [5.41, 5.74) is 3.95. The lowest BCUT2D eigenvalue weighted by Crippen LogP contribution is -2.30. The maximum absolute atomic E-state index is 14.2. The Kier molecular flexibility index (Phi) is 7.78. The third kappa shape index (κ3) is 5.75. The molecule has 1 unspecified atom stereocenters. The van der Waals surface area contributed by atoms with Crippen LogP contribution in [0.1, 0.15) is 74.8 Å². The number of carbonyl (C=O) groups excluding carboxylic acids is 1. The van der Waals surface area contributed by atoms with Crippen LogP contribution in [-0.2, 0) is 4.79 Å². The minimum absolute atomic E-state index is 0.0306. The highest BCUT2D eigenvalue weighted by molar-refractivity contribution is 5.90. The Bertz CT molecular complexity index is 1160. The summed E-state index contributed by atoms with van der Waals surface area (Å²) in [6.45, 7) is 2.68. The molecule has 184 valence electrons. The van der Waals surface area contributed by atoms with Gasteiger partial charge in [-0.25, -0.2) is 4.39 Å². The molecule has 3 nitrogen and oxygen atoms in total. The SMILES string of the molecule is O=C(C1CCCCCC1)C(CCN1CC=C(c2cc(F)cc3ccoc23)CCC1)c1ccccc1. The summed E-state index contributed by atoms with van der Waals surface area (Å²) in [5.74, 6) is 0.404. The van der Waals surface area contributed by atoms with Gasteiger partial charge in [-0.15, -0.1) is 0 Å². The van der Waals surface area contributed by atoms with Gasteiger partial charge in [-0.05, 0) is 74.5 Å². The third-order valence-corrected chi connectivity index (χ3v) is 7.92. The second-order valence-corrected chi connectivity index (χ2v) is 10.3. The molecule has 1 fully saturated rings. The number of ketones is 1. The van der Waals surface area contributed by atoms with E-state index in [1.165, 1.54) is 31.7 Å². The van der Waals surface area contributed by atoms with Gasteiger partial charge in [0.05, 0.1) is 6.26 Å². The second kappa shape index (κ2) is 11.3. The maximum Gasteiger partial charge on any atom is 0.143 e. The normalized spacial score (nSPS) is 19.2. The van der Waals surface area contributed by atoms with Crippen LogP contribution < -0.4 is 0 Å². The van der Waals surface area contributed by atoms with E-state index in [1.807, 2.05) is 12.1 Å². The molecule has 1 aliphatic heterocycles. The van der Waals surface area contributed by atoms with E-state index in [1.54, 1.807) is 12.3 Å². The molecule has 3 aromatic rings. The molecule has 1 atom stereocenters. The standard InChI is InChI=1S/C31H36FNO2/c32-27-21-26-16-20-35-31(26)29(22-27)24-13-8-17-33(18-14-24)19-15-28(23-9-6-3-7-10-23)30(34)25-11-4-1-2-5-12-25/h3,6-7,9-10,14,16,20-22,25,28H,1-2,4-5,8,11-13,15,17-19H2. The van der Waals surface area contributed by atoms with Crippen LogP contribution in [0.3, 0.4) is 0 Å². The Morgan fingerprint density at radius 1 is 1.03 bits per heavy atom. The van der Waals surface area contributed by atoms with Gasteiger partial charge in [-0.1, -0.05) is 62.1 Å². The first-order valence-corrected chi connectivity index (χ1v) is 13.4. The van der Waals surface area contributed by atoms with Gasteiger partial charge in [0.2, 0.25) is 0 Å². The summed E-state index contributed by atoms with van der Waals surface area (Å²) in [6.07, 6.45) is 13.6. The molecule has 35 heavy (non-hydrogen) atoms. The van der Waals surface area contributed by atoms with Gasteiger partial charge in [0, 0.05) is 29.3 Å². The molecular weight excluding hydrogens is 437 g/mol. The fourth-order valence-electron chi connectivity index (χ4n) is 5.98. The molecule has 0 spiro atoms. The number of carbonyl (C=O) groups is 1. The van der Waals surface area contributed by atoms with Crippen LogP contribution in [0.5, 0.6) is 0 Å². The average molecular weight is 474 g/mol. The fraction of sp³-hybridized carbons (Fsp3) is 0.452. The number of nitrogens with zero attached hydrogens (tertiary/aromatic N) is 1. The van der Waals surface area contributed by atoms with Crippen LogP contribution in [0, 0.1) is 11.7 Å². The van der Waals surface area contributed by atoms with E-state index in [-0.39, 0.29) is 17.7 Å². The van der Waals surface area contributed by atoms with Crippen molar-refractivity contribution in [2.24, 2.45) is 5.92 Å². The highest BCUT2D eigenvalue weighted by Gasteiger charge is 2.29. The molecule has 2 aliphatic rings. The molecule has 1 aliphatic carbocycles. The molecule has 5 rings (SSSR count). The van der Waals surface area contributed by atoms with Crippen molar-refractivity contribution in [3.8, 4) is 0 Å². The number of fused-ring (bicyclic) bond motifs is 1. The number of hydrogen-bond acceptors (Lipinski definition) is 3. The highest BCUT2D eigenvalue weighted by Crippen LogP contribution is 2.33. The number of halogens is 1. The van der Waals surface area contributed by atoms with E-state index in [2.05, 4.69) is 35.2 Å². The first-order chi connectivity index (χ1) is 17.2. The van der Waals surface area contributed by atoms with E-state index in [4.69, 9.17) is 4.42 Å². The lowest BCUT2D eigenvalue weighted by Gasteiger charge is -2.25. The summed E-state index contributed by atoms with van der Waals surface area (Å²) in [6, 6.07) is 15.3. The van der Waals surface area contributed by atoms with E-state index >= 15 is 0 Å². The zero-order valence-corrected chi connectivity index (χ0v) is 20.6. The smallest absolute Gasteiger partial charge is 0.143 e. The predicted octanol–water partition coefficient (Wildman–Crippen LogP) is 7.76. The third-order valence-electron chi connectivity index (χ3n) is 7.92. The van der Waals surface area contributed by atoms with Crippen molar-refractivity contribution in [2.75, 3.05) is 19.6 Å². The Hall–Kier alpha value is -2.72. The minimum atomic E-state index is -0.223. The van der Waals surface area contributed by atoms with Crippen molar-refractivity contribution < 1.29 is 13.6 Å². The summed E-state index contributed by atoms with van der Waals surface area (Å²) >= 11 is 0. The van der Waals surface area contributed by atoms with Gasteiger partial charge in [-0.3, -0.25) is 9.69 Å². The molecule has 0 amide bonds. The number of hydrogen-bond donors (Lipinski definition) is 0. The van der Waals surface area contributed by atoms with Gasteiger partial charge < -0.3 is 4.42 Å². The number of furan rings is 1. The maximum atomic E-state index is 14.2. The van der Waals surface area contributed by atoms with Crippen LogP contribution in [0.4, 0.5) is 4.39 Å². The zero-order chi connectivity index (χ0) is 24.0. The van der Waals surface area contributed by atoms with Crippen molar-refractivity contribution in [3.63, 3.8) is 0 Å². The van der Waals surface area contributed by atoms with Crippen LogP contribution in [0.15, 0.2) is 65.3 Å². The van der Waals surface area contributed by atoms with Gasteiger partial charge in [0.25, 0.3) is 0 Å². The van der Waals surface area contributed by atoms with E-state index in [0.29, 0.717) is 5.78 Å². The quantitative estimate of drug-likeness (QED) is 0.329. The largest absolute Gasteiger partial charge is 0.464 e. The summed E-state index contributed by atoms with van der Waals surface area (Å²) < 4.78 is 19.9. The van der Waals surface area contributed by atoms with Gasteiger partial charge >= 0.3 is 0 Å². The van der Waals surface area contributed by atoms with Gasteiger partial charge in [0.1, 0.15) is 17.2 Å². The molecule has 4 heteroatoms. The average Bonchev–Trinajstić information content (AvgIpc) is 3.06. The van der Waals surface area contributed by atoms with Crippen LogP contribution in [-0.4, -0.2) is 30.3 Å². The predicted molar refractivity (Wildman–Crippen MR) is 140 cm³/mol. The van der Waals surface area contributed by atoms with Crippen molar-refractivity contribution >= 4 is 22.3 Å². The Morgan fingerprint density at radius 3 is 2.63 bits per heavy atom. The van der Waals surface area contributed by atoms with Gasteiger partial charge in [0.15, 0.2) is 0 Å².